The van der Waals surface area contributed by atoms with Crippen LogP contribution in [0.3, 0.4) is 0 Å². The largest absolute Gasteiger partial charge is 0.457 e. The second-order valence-electron chi connectivity index (χ2n) is 17.0. The van der Waals surface area contributed by atoms with Gasteiger partial charge >= 0.3 is 12.1 Å². The van der Waals surface area contributed by atoms with Crippen molar-refractivity contribution in [3.8, 4) is 11.3 Å². The molecule has 0 saturated carbocycles. The standard InChI is InChI=1S/C41H62N4O8Si/c1-13-33-41(25-51-54(11,12)39(6,7)8)36(29(4)34(46)27(2)21-40(9,50-10)22-28(3)35(47)30(5)37(48)52-33)45(38(49)53-41)20-15-14-19-44-24-32(43-26-44)31-17-16-18-42-23-31/h16-18,23-24,26-30,33,36H,13-15,19-21,25H2,1-12H3/t27?,28-,29+,30-,33-,36-,40?,41-/m1/s1. The summed E-state index contributed by atoms with van der Waals surface area (Å²) in [4.78, 5) is 66.7. The quantitative estimate of drug-likeness (QED) is 0.0999. The number of methoxy groups -OCH3 is 1. The molecule has 2 aromatic heterocycles. The smallest absolute Gasteiger partial charge is 0.411 e. The Hall–Kier alpha value is -3.42. The Bertz CT molecular complexity index is 1630. The van der Waals surface area contributed by atoms with Crippen LogP contribution in [0.25, 0.3) is 11.3 Å². The summed E-state index contributed by atoms with van der Waals surface area (Å²) in [6.45, 7) is 22.0. The number of fused-ring (bicyclic) bond motifs is 1. The van der Waals surface area contributed by atoms with Gasteiger partial charge in [-0.2, -0.15) is 0 Å². The summed E-state index contributed by atoms with van der Waals surface area (Å²) in [6, 6.07) is 3.00. The van der Waals surface area contributed by atoms with Crippen LogP contribution in [0.1, 0.15) is 88.0 Å². The molecule has 0 N–H and O–H groups in total. The van der Waals surface area contributed by atoms with Crippen LogP contribution in [-0.2, 0) is 39.6 Å². The first kappa shape index (κ1) is 43.3. The van der Waals surface area contributed by atoms with Crippen molar-refractivity contribution in [2.75, 3.05) is 20.3 Å². The van der Waals surface area contributed by atoms with Crippen molar-refractivity contribution in [2.24, 2.45) is 23.7 Å². The predicted octanol–water partition coefficient (Wildman–Crippen LogP) is 7.20. The van der Waals surface area contributed by atoms with Gasteiger partial charge in [-0.05, 0) is 69.8 Å². The highest BCUT2D eigenvalue weighted by atomic mass is 28.4. The van der Waals surface area contributed by atoms with Gasteiger partial charge in [0.15, 0.2) is 13.9 Å². The van der Waals surface area contributed by atoms with Crippen LogP contribution in [-0.4, -0.2) is 95.0 Å². The number of hydrogen-bond donors (Lipinski definition) is 0. The number of imidazole rings is 1. The molecule has 2 unspecified atom stereocenters. The number of cyclic esters (lactones) is 1. The molecule has 2 radical (unpaired) electrons. The number of nitrogens with zero attached hydrogens (tertiary/aromatic N) is 4. The van der Waals surface area contributed by atoms with Crippen LogP contribution in [0.15, 0.2) is 37.1 Å². The fourth-order valence-corrected chi connectivity index (χ4v) is 8.58. The maximum atomic E-state index is 14.6. The first-order valence-corrected chi connectivity index (χ1v) is 22.3. The maximum absolute atomic E-state index is 14.6. The molecule has 0 spiro atoms. The van der Waals surface area contributed by atoms with Crippen molar-refractivity contribution in [1.29, 1.82) is 0 Å². The normalized spacial score (nSPS) is 30.5. The zero-order valence-electron chi connectivity index (χ0n) is 34.4. The third kappa shape index (κ3) is 9.33. The molecule has 2 fully saturated rings. The van der Waals surface area contributed by atoms with E-state index in [1.165, 1.54) is 14.0 Å². The number of unbranched alkanes of at least 4 members (excludes halogenated alkanes) is 1. The van der Waals surface area contributed by atoms with Gasteiger partial charge in [0.25, 0.3) is 0 Å². The summed E-state index contributed by atoms with van der Waals surface area (Å²) in [7, 11) is -0.947. The highest BCUT2D eigenvalue weighted by molar-refractivity contribution is 6.74. The second kappa shape index (κ2) is 17.2. The molecule has 13 heteroatoms. The molecule has 0 aliphatic carbocycles. The van der Waals surface area contributed by atoms with Crippen LogP contribution >= 0.6 is 0 Å². The van der Waals surface area contributed by atoms with E-state index in [0.29, 0.717) is 25.9 Å². The third-order valence-electron chi connectivity index (χ3n) is 11.9. The van der Waals surface area contributed by atoms with Crippen molar-refractivity contribution >= 4 is 31.9 Å². The average Bonchev–Trinajstić information content (AvgIpc) is 3.71. The van der Waals surface area contributed by atoms with E-state index in [4.69, 9.17) is 18.6 Å². The Balaban J connectivity index is 1.74. The second-order valence-corrected chi connectivity index (χ2v) is 21.8. The first-order valence-electron chi connectivity index (χ1n) is 19.4. The lowest BCUT2D eigenvalue weighted by Gasteiger charge is -2.45. The molecule has 12 nitrogen and oxygen atoms in total. The fraction of sp³-hybridized carbons (Fsp3) is 0.683. The van der Waals surface area contributed by atoms with Gasteiger partial charge in [0.05, 0.1) is 30.3 Å². The van der Waals surface area contributed by atoms with E-state index in [1.54, 1.807) is 37.5 Å². The lowest BCUT2D eigenvalue weighted by Crippen LogP contribution is -2.63. The highest BCUT2D eigenvalue weighted by Crippen LogP contribution is 2.45. The van der Waals surface area contributed by atoms with Gasteiger partial charge in [0, 0.05) is 68.5 Å². The number of aromatic nitrogens is 3. The van der Waals surface area contributed by atoms with E-state index in [0.717, 1.165) is 11.3 Å². The lowest BCUT2D eigenvalue weighted by molar-refractivity contribution is -0.177. The van der Waals surface area contributed by atoms with E-state index in [9.17, 15) is 19.2 Å². The first-order chi connectivity index (χ1) is 25.2. The van der Waals surface area contributed by atoms with Crippen LogP contribution in [0.4, 0.5) is 4.79 Å². The minimum absolute atomic E-state index is 0.0730. The van der Waals surface area contributed by atoms with Crippen LogP contribution in [0.2, 0.25) is 18.1 Å². The Morgan fingerprint density at radius 1 is 1.06 bits per heavy atom. The zero-order chi connectivity index (χ0) is 40.2. The number of aryl methyl sites for hydroxylation is 1. The number of Topliss-reactive ketones (excluding diaryl/α,β-unsaturated/α-hetero) is 2. The minimum atomic E-state index is -2.47. The molecular weight excluding hydrogens is 705 g/mol. The van der Waals surface area contributed by atoms with Crippen LogP contribution in [0.5, 0.6) is 0 Å². The Labute approximate surface area is 323 Å². The minimum Gasteiger partial charge on any atom is -0.457 e. The van der Waals surface area contributed by atoms with Crippen LogP contribution < -0.4 is 0 Å². The number of hydrogen-bond acceptors (Lipinski definition) is 10. The molecule has 1 amide bonds. The van der Waals surface area contributed by atoms with E-state index in [2.05, 4.69) is 50.3 Å². The van der Waals surface area contributed by atoms with Gasteiger partial charge in [0.2, 0.25) is 0 Å². The molecule has 2 aromatic rings. The average molecular weight is 767 g/mol. The topological polar surface area (TPSA) is 139 Å². The Morgan fingerprint density at radius 3 is 2.35 bits per heavy atom. The van der Waals surface area contributed by atoms with E-state index in [1.807, 2.05) is 43.7 Å². The summed E-state index contributed by atoms with van der Waals surface area (Å²) in [5.41, 5.74) is -0.840. The van der Waals surface area contributed by atoms with Gasteiger partial charge in [-0.15, -0.1) is 0 Å². The number of carbonyl (C=O) groups is 4. The number of ketones is 2. The van der Waals surface area contributed by atoms with Gasteiger partial charge in [-0.1, -0.05) is 48.5 Å². The molecule has 298 valence electrons. The lowest BCUT2D eigenvalue weighted by atomic mass is 9.73. The van der Waals surface area contributed by atoms with Crippen molar-refractivity contribution in [1.82, 2.24) is 19.4 Å². The Morgan fingerprint density at radius 2 is 1.74 bits per heavy atom. The van der Waals surface area contributed by atoms with Crippen molar-refractivity contribution in [2.45, 2.75) is 136 Å². The number of carbonyl (C=O) groups excluding carboxylic acids is 4. The molecular formula is C41H62N4O8Si. The summed E-state index contributed by atoms with van der Waals surface area (Å²) >= 11 is 0. The SMILES string of the molecule is CC[C@H]1OC(=O)[C@H](C)C(=O)[C@H](C)[C]C(C)(OC)CC(C)C(=O)[C@H](C)[C@H]2N(CCCCn3cnc(-c4cccnc4)c3)C(=O)O[C@]12CO[Si](C)(C)C(C)(C)C. The molecule has 2 aliphatic heterocycles. The fourth-order valence-electron chi connectivity index (χ4n) is 7.56. The predicted molar refractivity (Wildman–Crippen MR) is 208 cm³/mol. The molecule has 8 atom stereocenters. The molecule has 4 heterocycles. The third-order valence-corrected chi connectivity index (χ3v) is 16.4. The van der Waals surface area contributed by atoms with Crippen molar-refractivity contribution < 1.29 is 37.8 Å². The number of pyridine rings is 1. The van der Waals surface area contributed by atoms with Gasteiger partial charge in [0.1, 0.15) is 23.6 Å². The van der Waals surface area contributed by atoms with Gasteiger partial charge in [-0.25, -0.2) is 9.78 Å². The Kier molecular flexibility index (Phi) is 13.8. The highest BCUT2D eigenvalue weighted by Gasteiger charge is 2.63. The van der Waals surface area contributed by atoms with Gasteiger partial charge in [-0.3, -0.25) is 19.4 Å². The van der Waals surface area contributed by atoms with E-state index >= 15 is 0 Å². The summed E-state index contributed by atoms with van der Waals surface area (Å²) < 4.78 is 27.4. The van der Waals surface area contributed by atoms with E-state index < -0.39 is 67.4 Å². The van der Waals surface area contributed by atoms with E-state index in [-0.39, 0.29) is 36.1 Å². The number of esters is 1. The summed E-state index contributed by atoms with van der Waals surface area (Å²) in [6.07, 6.45) is 10.7. The molecule has 0 aromatic carbocycles. The van der Waals surface area contributed by atoms with Crippen LogP contribution in [0, 0.1) is 30.1 Å². The maximum Gasteiger partial charge on any atom is 0.411 e. The number of amides is 1. The zero-order valence-corrected chi connectivity index (χ0v) is 35.4. The summed E-state index contributed by atoms with van der Waals surface area (Å²) in [5, 5.41) is -0.184. The molecule has 0 bridgehead atoms. The molecule has 4 rings (SSSR count). The monoisotopic (exact) mass is 766 g/mol. The molecule has 54 heavy (non-hydrogen) atoms. The summed E-state index contributed by atoms with van der Waals surface area (Å²) in [5.74, 6) is -4.36. The molecule has 2 saturated heterocycles. The van der Waals surface area contributed by atoms with Crippen molar-refractivity contribution in [3.63, 3.8) is 0 Å². The number of ether oxygens (including phenoxy) is 3. The molecule has 2 aliphatic rings. The number of rotatable bonds is 11. The van der Waals surface area contributed by atoms with Crippen molar-refractivity contribution in [3.05, 3.63) is 43.5 Å². The van der Waals surface area contributed by atoms with Gasteiger partial charge < -0.3 is 28.1 Å².